The Morgan fingerprint density at radius 3 is 0.942 bits per heavy atom. The number of unbranched alkanes of at least 4 members (excludes halogenated alkanes) is 25. The molecule has 0 aromatic heterocycles. The predicted molar refractivity (Wildman–Crippen MR) is 220 cm³/mol. The topological polar surface area (TPSA) is 78.9 Å². The summed E-state index contributed by atoms with van der Waals surface area (Å²) < 4.78 is 16.7. The van der Waals surface area contributed by atoms with Crippen molar-refractivity contribution in [3.8, 4) is 0 Å². The Morgan fingerprint density at radius 2 is 0.635 bits per heavy atom. The summed E-state index contributed by atoms with van der Waals surface area (Å²) in [5, 5.41) is 0. The van der Waals surface area contributed by atoms with E-state index in [0.717, 1.165) is 69.6 Å². The lowest BCUT2D eigenvalue weighted by molar-refractivity contribution is -0.167. The molecule has 6 heteroatoms. The zero-order chi connectivity index (χ0) is 38.3. The lowest BCUT2D eigenvalue weighted by Gasteiger charge is -2.18. The van der Waals surface area contributed by atoms with Crippen LogP contribution in [0.5, 0.6) is 0 Å². The number of rotatable bonds is 40. The number of esters is 3. The van der Waals surface area contributed by atoms with E-state index in [0.29, 0.717) is 19.3 Å². The first-order chi connectivity index (χ1) is 25.2. The first-order valence-corrected chi connectivity index (χ1v) is 22.7. The molecule has 0 saturated carbocycles. The molecule has 0 aromatic carbocycles. The molecular weight excluding hydrogens is 649 g/mol. The standard InChI is InChI=1S/C46H88O6/c1-6-7-8-9-10-14-23-28-33-38-46(49)52-43(40-51-45(48)37-32-27-22-18-13-16-20-25-30-35-42(4)5)39-50-44(47)36-31-26-21-17-12-11-15-19-24-29-34-41(2)3/h41-43H,6-40H2,1-5H3/t43-/m0/s1. The molecule has 52 heavy (non-hydrogen) atoms. The highest BCUT2D eigenvalue weighted by molar-refractivity contribution is 5.71. The van der Waals surface area contributed by atoms with Crippen molar-refractivity contribution in [2.45, 2.75) is 253 Å². The van der Waals surface area contributed by atoms with E-state index in [1.165, 1.54) is 135 Å². The van der Waals surface area contributed by atoms with Gasteiger partial charge < -0.3 is 14.2 Å². The van der Waals surface area contributed by atoms with Crippen LogP contribution in [-0.2, 0) is 28.6 Å². The monoisotopic (exact) mass is 737 g/mol. The second-order valence-electron chi connectivity index (χ2n) is 16.6. The molecule has 0 aliphatic rings. The van der Waals surface area contributed by atoms with E-state index in [1.807, 2.05) is 0 Å². The molecule has 1 atom stereocenters. The van der Waals surface area contributed by atoms with Crippen molar-refractivity contribution in [1.29, 1.82) is 0 Å². The number of hydrogen-bond acceptors (Lipinski definition) is 6. The molecule has 0 aromatic rings. The molecule has 0 unspecified atom stereocenters. The van der Waals surface area contributed by atoms with Crippen LogP contribution in [0.1, 0.15) is 247 Å². The van der Waals surface area contributed by atoms with Gasteiger partial charge in [0.2, 0.25) is 0 Å². The van der Waals surface area contributed by atoms with Crippen molar-refractivity contribution in [1.82, 2.24) is 0 Å². The van der Waals surface area contributed by atoms with Crippen LogP contribution in [0.2, 0.25) is 0 Å². The summed E-state index contributed by atoms with van der Waals surface area (Å²) in [4.78, 5) is 37.6. The van der Waals surface area contributed by atoms with Gasteiger partial charge >= 0.3 is 17.9 Å². The van der Waals surface area contributed by atoms with Crippen LogP contribution >= 0.6 is 0 Å². The summed E-state index contributed by atoms with van der Waals surface area (Å²) in [5.74, 6) is 0.766. The normalized spacial score (nSPS) is 12.1. The Balaban J connectivity index is 4.31. The highest BCUT2D eigenvalue weighted by atomic mass is 16.6. The van der Waals surface area contributed by atoms with Crippen LogP contribution in [0.4, 0.5) is 0 Å². The highest BCUT2D eigenvalue weighted by Crippen LogP contribution is 2.16. The average Bonchev–Trinajstić information content (AvgIpc) is 3.11. The summed E-state index contributed by atoms with van der Waals surface area (Å²) in [6, 6.07) is 0. The van der Waals surface area contributed by atoms with Gasteiger partial charge in [0.25, 0.3) is 0 Å². The average molecular weight is 737 g/mol. The predicted octanol–water partition coefficient (Wildman–Crippen LogP) is 14.2. The molecule has 0 amide bonds. The van der Waals surface area contributed by atoms with Crippen LogP contribution in [0.25, 0.3) is 0 Å². The Hall–Kier alpha value is -1.59. The van der Waals surface area contributed by atoms with E-state index in [4.69, 9.17) is 14.2 Å². The first kappa shape index (κ1) is 50.4. The Labute approximate surface area is 323 Å². The Kier molecular flexibility index (Phi) is 37.9. The summed E-state index contributed by atoms with van der Waals surface area (Å²) in [6.07, 6.45) is 36.6. The molecule has 0 spiro atoms. The fourth-order valence-corrected chi connectivity index (χ4v) is 6.75. The van der Waals surface area contributed by atoms with Gasteiger partial charge in [0, 0.05) is 19.3 Å². The summed E-state index contributed by atoms with van der Waals surface area (Å²) in [6.45, 7) is 11.3. The van der Waals surface area contributed by atoms with Crippen molar-refractivity contribution in [2.24, 2.45) is 11.8 Å². The van der Waals surface area contributed by atoms with Crippen molar-refractivity contribution in [2.75, 3.05) is 13.2 Å². The molecule has 0 saturated heterocycles. The molecule has 0 bridgehead atoms. The van der Waals surface area contributed by atoms with E-state index >= 15 is 0 Å². The van der Waals surface area contributed by atoms with Crippen molar-refractivity contribution in [3.05, 3.63) is 0 Å². The van der Waals surface area contributed by atoms with E-state index < -0.39 is 6.10 Å². The third-order valence-corrected chi connectivity index (χ3v) is 10.2. The molecule has 0 radical (unpaired) electrons. The van der Waals surface area contributed by atoms with Crippen LogP contribution in [0.15, 0.2) is 0 Å². The lowest BCUT2D eigenvalue weighted by Crippen LogP contribution is -2.30. The molecule has 308 valence electrons. The van der Waals surface area contributed by atoms with Gasteiger partial charge in [-0.1, -0.05) is 208 Å². The Morgan fingerprint density at radius 1 is 0.365 bits per heavy atom. The first-order valence-electron chi connectivity index (χ1n) is 22.7. The minimum absolute atomic E-state index is 0.0652. The van der Waals surface area contributed by atoms with Gasteiger partial charge in [0.05, 0.1) is 0 Å². The molecule has 0 aliphatic heterocycles. The van der Waals surface area contributed by atoms with E-state index in [-0.39, 0.29) is 31.1 Å². The van der Waals surface area contributed by atoms with Crippen LogP contribution in [0.3, 0.4) is 0 Å². The minimum atomic E-state index is -0.759. The SMILES string of the molecule is CCCCCCCCCCCC(=O)O[C@@H](COC(=O)CCCCCCCCCCCCC(C)C)COC(=O)CCCCCCCCCCCC(C)C. The number of carbonyl (C=O) groups is 3. The number of hydrogen-bond donors (Lipinski definition) is 0. The molecule has 0 heterocycles. The van der Waals surface area contributed by atoms with E-state index in [9.17, 15) is 14.4 Å². The summed E-state index contributed by atoms with van der Waals surface area (Å²) in [5.41, 5.74) is 0. The second-order valence-corrected chi connectivity index (χ2v) is 16.6. The Bertz CT molecular complexity index is 794. The van der Waals surface area contributed by atoms with Gasteiger partial charge in [0.1, 0.15) is 13.2 Å². The quantitative estimate of drug-likeness (QED) is 0.0354. The van der Waals surface area contributed by atoms with Gasteiger partial charge in [-0.15, -0.1) is 0 Å². The maximum Gasteiger partial charge on any atom is 0.306 e. The van der Waals surface area contributed by atoms with Crippen molar-refractivity contribution in [3.63, 3.8) is 0 Å². The second kappa shape index (κ2) is 39.1. The smallest absolute Gasteiger partial charge is 0.306 e. The van der Waals surface area contributed by atoms with Crippen LogP contribution in [-0.4, -0.2) is 37.2 Å². The number of ether oxygens (including phenoxy) is 3. The largest absolute Gasteiger partial charge is 0.462 e. The molecule has 0 rings (SSSR count). The molecular formula is C46H88O6. The fourth-order valence-electron chi connectivity index (χ4n) is 6.75. The van der Waals surface area contributed by atoms with Gasteiger partial charge in [0.15, 0.2) is 6.10 Å². The van der Waals surface area contributed by atoms with Crippen molar-refractivity contribution < 1.29 is 28.6 Å². The van der Waals surface area contributed by atoms with Crippen molar-refractivity contribution >= 4 is 17.9 Å². The van der Waals surface area contributed by atoms with Gasteiger partial charge in [-0.05, 0) is 31.1 Å². The van der Waals surface area contributed by atoms with Crippen LogP contribution < -0.4 is 0 Å². The van der Waals surface area contributed by atoms with E-state index in [1.54, 1.807) is 0 Å². The lowest BCUT2D eigenvalue weighted by atomic mass is 10.0. The zero-order valence-electron chi connectivity index (χ0n) is 35.4. The molecule has 0 aliphatic carbocycles. The highest BCUT2D eigenvalue weighted by Gasteiger charge is 2.19. The third-order valence-electron chi connectivity index (χ3n) is 10.2. The molecule has 0 N–H and O–H groups in total. The van der Waals surface area contributed by atoms with Gasteiger partial charge in [-0.3, -0.25) is 14.4 Å². The van der Waals surface area contributed by atoms with Gasteiger partial charge in [-0.25, -0.2) is 0 Å². The molecule has 6 nitrogen and oxygen atoms in total. The number of carbonyl (C=O) groups excluding carboxylic acids is 3. The van der Waals surface area contributed by atoms with Gasteiger partial charge in [-0.2, -0.15) is 0 Å². The fraction of sp³-hybridized carbons (Fsp3) is 0.935. The summed E-state index contributed by atoms with van der Waals surface area (Å²) >= 11 is 0. The zero-order valence-corrected chi connectivity index (χ0v) is 35.4. The maximum absolute atomic E-state index is 12.7. The maximum atomic E-state index is 12.7. The third kappa shape index (κ3) is 39.6. The molecule has 0 fully saturated rings. The minimum Gasteiger partial charge on any atom is -0.462 e. The van der Waals surface area contributed by atoms with E-state index in [2.05, 4.69) is 34.6 Å². The summed E-state index contributed by atoms with van der Waals surface area (Å²) in [7, 11) is 0. The van der Waals surface area contributed by atoms with Crippen LogP contribution in [0, 0.1) is 11.8 Å².